The Morgan fingerprint density at radius 1 is 1.03 bits per heavy atom. The van der Waals surface area contributed by atoms with Gasteiger partial charge < -0.3 is 5.32 Å². The topological polar surface area (TPSA) is 64.9 Å². The number of halogens is 3. The van der Waals surface area contributed by atoms with Gasteiger partial charge in [-0.15, -0.1) is 0 Å². The summed E-state index contributed by atoms with van der Waals surface area (Å²) in [6.07, 6.45) is -4.09. The first-order valence-electron chi connectivity index (χ1n) is 9.82. The number of hydrogen-bond donors (Lipinski definition) is 2. The summed E-state index contributed by atoms with van der Waals surface area (Å²) in [4.78, 5) is 12.8. The van der Waals surface area contributed by atoms with Gasteiger partial charge >= 0.3 is 6.18 Å². The third-order valence-corrected chi connectivity index (χ3v) is 4.61. The van der Waals surface area contributed by atoms with Gasteiger partial charge in [-0.1, -0.05) is 74.5 Å². The number of carbonyl (C=O) groups excluding carboxylic acids is 1. The lowest BCUT2D eigenvalue weighted by molar-refractivity contribution is -0.161. The Hall–Kier alpha value is -2.85. The number of rotatable bonds is 9. The van der Waals surface area contributed by atoms with Crippen molar-refractivity contribution in [1.82, 2.24) is 10.6 Å². The Balaban J connectivity index is 2.18. The van der Waals surface area contributed by atoms with E-state index in [2.05, 4.69) is 10.6 Å². The second-order valence-corrected chi connectivity index (χ2v) is 7.61. The number of nitrogens with zero attached hydrogens (tertiary/aromatic N) is 1. The SMILES string of the molecule is CC(C)C[C@H](N[C@H](c1ccccc1)C(F)(F)F)C(=O)N[C@H](C#N)Cc1ccccc1. The smallest absolute Gasteiger partial charge is 0.339 e. The van der Waals surface area contributed by atoms with Crippen LogP contribution in [0.4, 0.5) is 13.2 Å². The third kappa shape index (κ3) is 7.20. The molecule has 0 spiro atoms. The predicted octanol–water partition coefficient (Wildman–Crippen LogP) is 4.55. The number of alkyl halides is 3. The molecular formula is C23H26F3N3O. The summed E-state index contributed by atoms with van der Waals surface area (Å²) in [5, 5.41) is 14.5. The molecule has 0 aliphatic heterocycles. The van der Waals surface area contributed by atoms with E-state index in [-0.39, 0.29) is 24.3 Å². The lowest BCUT2D eigenvalue weighted by Crippen LogP contribution is -2.51. The summed E-state index contributed by atoms with van der Waals surface area (Å²) in [5.74, 6) is -0.635. The fourth-order valence-corrected chi connectivity index (χ4v) is 3.20. The molecule has 3 atom stereocenters. The standard InChI is InChI=1S/C23H26F3N3O/c1-16(2)13-20(29-21(23(24,25)26)18-11-7-4-8-12-18)22(30)28-19(15-27)14-17-9-5-3-6-10-17/h3-12,16,19-21,29H,13-14H2,1-2H3,(H,28,30)/t19-,20-,21+/m0/s1. The number of amides is 1. The van der Waals surface area contributed by atoms with Gasteiger partial charge in [0.15, 0.2) is 0 Å². The van der Waals surface area contributed by atoms with E-state index >= 15 is 0 Å². The van der Waals surface area contributed by atoms with E-state index in [9.17, 15) is 23.2 Å². The molecule has 0 heterocycles. The van der Waals surface area contributed by atoms with Gasteiger partial charge in [0.1, 0.15) is 12.1 Å². The van der Waals surface area contributed by atoms with E-state index in [1.165, 1.54) is 24.3 Å². The molecule has 0 aliphatic rings. The Morgan fingerprint density at radius 2 is 1.60 bits per heavy atom. The van der Waals surface area contributed by atoms with Gasteiger partial charge in [-0.2, -0.15) is 18.4 Å². The van der Waals surface area contributed by atoms with Gasteiger partial charge in [-0.25, -0.2) is 0 Å². The van der Waals surface area contributed by atoms with Crippen molar-refractivity contribution in [2.24, 2.45) is 5.92 Å². The number of nitrogens with one attached hydrogen (secondary N) is 2. The predicted molar refractivity (Wildman–Crippen MR) is 109 cm³/mol. The van der Waals surface area contributed by atoms with Crippen molar-refractivity contribution in [2.45, 2.75) is 51.0 Å². The van der Waals surface area contributed by atoms with Crippen LogP contribution in [-0.2, 0) is 11.2 Å². The van der Waals surface area contributed by atoms with E-state index in [1.54, 1.807) is 6.07 Å². The fourth-order valence-electron chi connectivity index (χ4n) is 3.20. The highest BCUT2D eigenvalue weighted by Gasteiger charge is 2.43. The Labute approximate surface area is 175 Å². The summed E-state index contributed by atoms with van der Waals surface area (Å²) in [6.45, 7) is 3.66. The fraction of sp³-hybridized carbons (Fsp3) is 0.391. The van der Waals surface area contributed by atoms with Gasteiger partial charge in [0.25, 0.3) is 0 Å². The maximum atomic E-state index is 13.7. The molecule has 4 nitrogen and oxygen atoms in total. The minimum Gasteiger partial charge on any atom is -0.339 e. The van der Waals surface area contributed by atoms with Crippen LogP contribution in [-0.4, -0.2) is 24.2 Å². The first-order valence-corrected chi connectivity index (χ1v) is 9.82. The van der Waals surface area contributed by atoms with Crippen molar-refractivity contribution in [1.29, 1.82) is 5.26 Å². The van der Waals surface area contributed by atoms with Crippen LogP contribution in [0.2, 0.25) is 0 Å². The van der Waals surface area contributed by atoms with Crippen LogP contribution < -0.4 is 10.6 Å². The van der Waals surface area contributed by atoms with Crippen LogP contribution >= 0.6 is 0 Å². The second-order valence-electron chi connectivity index (χ2n) is 7.61. The van der Waals surface area contributed by atoms with Crippen molar-refractivity contribution in [3.05, 3.63) is 71.8 Å². The molecule has 0 radical (unpaired) electrons. The third-order valence-electron chi connectivity index (χ3n) is 4.61. The highest BCUT2D eigenvalue weighted by atomic mass is 19.4. The van der Waals surface area contributed by atoms with Gasteiger partial charge in [0.05, 0.1) is 12.1 Å². The highest BCUT2D eigenvalue weighted by molar-refractivity contribution is 5.82. The minimum atomic E-state index is -4.57. The minimum absolute atomic E-state index is 0.0208. The summed E-state index contributed by atoms with van der Waals surface area (Å²) < 4.78 is 41.2. The van der Waals surface area contributed by atoms with E-state index in [0.717, 1.165) is 5.56 Å². The van der Waals surface area contributed by atoms with Gasteiger partial charge in [0.2, 0.25) is 5.91 Å². The Kier molecular flexibility index (Phi) is 8.43. The largest absolute Gasteiger partial charge is 0.407 e. The number of hydrogen-bond acceptors (Lipinski definition) is 3. The quantitative estimate of drug-likeness (QED) is 0.629. The van der Waals surface area contributed by atoms with E-state index < -0.39 is 30.2 Å². The molecule has 30 heavy (non-hydrogen) atoms. The van der Waals surface area contributed by atoms with Crippen LogP contribution in [0.5, 0.6) is 0 Å². The molecule has 1 amide bonds. The lowest BCUT2D eigenvalue weighted by Gasteiger charge is -2.29. The molecule has 2 aromatic rings. The van der Waals surface area contributed by atoms with Crippen molar-refractivity contribution >= 4 is 5.91 Å². The average molecular weight is 417 g/mol. The van der Waals surface area contributed by atoms with Crippen LogP contribution in [0.25, 0.3) is 0 Å². The van der Waals surface area contributed by atoms with Crippen LogP contribution in [0.3, 0.4) is 0 Å². The maximum Gasteiger partial charge on any atom is 0.407 e. The van der Waals surface area contributed by atoms with E-state index in [0.29, 0.717) is 0 Å². The first-order chi connectivity index (χ1) is 14.2. The monoisotopic (exact) mass is 417 g/mol. The lowest BCUT2D eigenvalue weighted by atomic mass is 9.99. The molecule has 0 aliphatic carbocycles. The van der Waals surface area contributed by atoms with Gasteiger partial charge in [0, 0.05) is 6.42 Å². The molecule has 0 fully saturated rings. The van der Waals surface area contributed by atoms with Gasteiger partial charge in [-0.3, -0.25) is 10.1 Å². The van der Waals surface area contributed by atoms with E-state index in [4.69, 9.17) is 0 Å². The summed E-state index contributed by atoms with van der Waals surface area (Å²) in [7, 11) is 0. The zero-order chi connectivity index (χ0) is 22.1. The summed E-state index contributed by atoms with van der Waals surface area (Å²) in [5.41, 5.74) is 0.892. The normalized spacial score (nSPS) is 14.6. The van der Waals surface area contributed by atoms with Crippen molar-refractivity contribution in [2.75, 3.05) is 0 Å². The van der Waals surface area contributed by atoms with Gasteiger partial charge in [-0.05, 0) is 23.5 Å². The zero-order valence-electron chi connectivity index (χ0n) is 17.0. The molecular weight excluding hydrogens is 391 g/mol. The first kappa shape index (κ1) is 23.4. The average Bonchev–Trinajstić information content (AvgIpc) is 2.70. The Bertz CT molecular complexity index is 832. The maximum absolute atomic E-state index is 13.7. The highest BCUT2D eigenvalue weighted by Crippen LogP contribution is 2.33. The Morgan fingerprint density at radius 3 is 2.10 bits per heavy atom. The van der Waals surface area contributed by atoms with Crippen LogP contribution in [0.1, 0.15) is 37.4 Å². The van der Waals surface area contributed by atoms with E-state index in [1.807, 2.05) is 50.2 Å². The van der Waals surface area contributed by atoms with Crippen molar-refractivity contribution in [3.8, 4) is 6.07 Å². The molecule has 0 saturated carbocycles. The number of benzene rings is 2. The number of carbonyl (C=O) groups is 1. The molecule has 0 aromatic heterocycles. The van der Waals surface area contributed by atoms with Crippen molar-refractivity contribution < 1.29 is 18.0 Å². The zero-order valence-corrected chi connectivity index (χ0v) is 17.0. The molecule has 2 aromatic carbocycles. The van der Waals surface area contributed by atoms with Crippen LogP contribution in [0.15, 0.2) is 60.7 Å². The molecule has 2 N–H and O–H groups in total. The molecule has 0 bridgehead atoms. The number of nitriles is 1. The molecule has 160 valence electrons. The van der Waals surface area contributed by atoms with Crippen LogP contribution in [0, 0.1) is 17.2 Å². The molecule has 2 rings (SSSR count). The molecule has 0 unspecified atom stereocenters. The summed E-state index contributed by atoms with van der Waals surface area (Å²) in [6, 6.07) is 14.7. The molecule has 0 saturated heterocycles. The van der Waals surface area contributed by atoms with Crippen molar-refractivity contribution in [3.63, 3.8) is 0 Å². The molecule has 7 heteroatoms. The second kappa shape index (κ2) is 10.8. The summed E-state index contributed by atoms with van der Waals surface area (Å²) >= 11 is 0.